The van der Waals surface area contributed by atoms with Crippen molar-refractivity contribution in [3.63, 3.8) is 0 Å². The predicted octanol–water partition coefficient (Wildman–Crippen LogP) is 3.75. The van der Waals surface area contributed by atoms with Gasteiger partial charge in [0.15, 0.2) is 0 Å². The second kappa shape index (κ2) is 10.1. The lowest BCUT2D eigenvalue weighted by Gasteiger charge is -2.31. The van der Waals surface area contributed by atoms with Crippen molar-refractivity contribution in [2.75, 3.05) is 24.7 Å². The lowest BCUT2D eigenvalue weighted by molar-refractivity contribution is -0.170. The van der Waals surface area contributed by atoms with Crippen molar-refractivity contribution in [1.82, 2.24) is 0 Å². The van der Waals surface area contributed by atoms with Gasteiger partial charge in [-0.1, -0.05) is 6.07 Å². The second-order valence-electron chi connectivity index (χ2n) is 7.08. The first-order valence-electron chi connectivity index (χ1n) is 9.16. The smallest absolute Gasteiger partial charge is 0.471 e. The zero-order valence-corrected chi connectivity index (χ0v) is 16.9. The summed E-state index contributed by atoms with van der Waals surface area (Å²) in [5, 5.41) is 11.3. The number of aliphatic hydroxyl groups is 1. The number of rotatable bonds is 10. The lowest BCUT2D eigenvalue weighted by Crippen LogP contribution is -2.55. The van der Waals surface area contributed by atoms with Crippen LogP contribution >= 0.6 is 11.3 Å². The Hall–Kier alpha value is -2.10. The topological polar surface area (TPSA) is 75.8 Å². The van der Waals surface area contributed by atoms with E-state index >= 15 is 0 Å². The molecule has 1 amide bonds. The van der Waals surface area contributed by atoms with Crippen molar-refractivity contribution in [2.24, 2.45) is 5.73 Å². The molecule has 0 aliphatic rings. The van der Waals surface area contributed by atoms with Crippen LogP contribution in [0.25, 0.3) is 0 Å². The maximum absolute atomic E-state index is 13.0. The molecule has 29 heavy (non-hydrogen) atoms. The molecule has 0 spiro atoms. The van der Waals surface area contributed by atoms with Gasteiger partial charge in [0, 0.05) is 17.1 Å². The summed E-state index contributed by atoms with van der Waals surface area (Å²) in [4.78, 5) is 13.7. The standard InChI is InChI=1S/C20H25F3N2O3S/c1-19(24,14-26)13-25(18(27)20(21,22)23)15-7-9-16(10-8-15)28-11-3-2-5-17-6-4-12-29-17/h4,6-10,12,26H,2-3,5,11,13-14,24H2,1H3/t19-/m0/s1. The molecule has 2 aromatic rings. The third-order valence-electron chi connectivity index (χ3n) is 4.18. The first kappa shape index (κ1) is 23.2. The number of aryl methyl sites for hydroxylation is 1. The second-order valence-corrected chi connectivity index (χ2v) is 8.11. The van der Waals surface area contributed by atoms with Crippen molar-refractivity contribution in [2.45, 2.75) is 37.9 Å². The summed E-state index contributed by atoms with van der Waals surface area (Å²) in [6.45, 7) is 0.810. The van der Waals surface area contributed by atoms with Crippen LogP contribution in [0.2, 0.25) is 0 Å². The summed E-state index contributed by atoms with van der Waals surface area (Å²) in [7, 11) is 0. The number of thiophene rings is 1. The van der Waals surface area contributed by atoms with Gasteiger partial charge >= 0.3 is 12.1 Å². The number of carbonyl (C=O) groups is 1. The molecule has 1 aromatic heterocycles. The summed E-state index contributed by atoms with van der Waals surface area (Å²) >= 11 is 1.71. The summed E-state index contributed by atoms with van der Waals surface area (Å²) in [6.07, 6.45) is -2.25. The van der Waals surface area contributed by atoms with Crippen molar-refractivity contribution in [3.05, 3.63) is 46.7 Å². The highest BCUT2D eigenvalue weighted by Gasteiger charge is 2.44. The molecule has 0 aliphatic carbocycles. The van der Waals surface area contributed by atoms with Crippen LogP contribution in [0.1, 0.15) is 24.6 Å². The molecular weight excluding hydrogens is 405 g/mol. The Morgan fingerprint density at radius 2 is 1.90 bits per heavy atom. The number of ether oxygens (including phenoxy) is 1. The number of amides is 1. The summed E-state index contributed by atoms with van der Waals surface area (Å²) in [6, 6.07) is 9.87. The van der Waals surface area contributed by atoms with E-state index in [4.69, 9.17) is 10.5 Å². The zero-order chi connectivity index (χ0) is 21.5. The van der Waals surface area contributed by atoms with Gasteiger partial charge in [-0.3, -0.25) is 4.79 Å². The molecule has 0 aliphatic heterocycles. The normalized spacial score (nSPS) is 13.7. The quantitative estimate of drug-likeness (QED) is 0.563. The highest BCUT2D eigenvalue weighted by Crippen LogP contribution is 2.27. The summed E-state index contributed by atoms with van der Waals surface area (Å²) < 4.78 is 44.5. The van der Waals surface area contributed by atoms with Crippen molar-refractivity contribution in [1.29, 1.82) is 0 Å². The third-order valence-corrected chi connectivity index (χ3v) is 5.12. The fraction of sp³-hybridized carbons (Fsp3) is 0.450. The number of benzene rings is 1. The predicted molar refractivity (Wildman–Crippen MR) is 107 cm³/mol. The third kappa shape index (κ3) is 7.34. The molecule has 5 nitrogen and oxygen atoms in total. The van der Waals surface area contributed by atoms with Crippen LogP contribution in [-0.2, 0) is 11.2 Å². The van der Waals surface area contributed by atoms with Gasteiger partial charge in [0.05, 0.1) is 18.8 Å². The Morgan fingerprint density at radius 3 is 2.45 bits per heavy atom. The molecule has 0 saturated carbocycles. The van der Waals surface area contributed by atoms with Crippen LogP contribution in [0.4, 0.5) is 18.9 Å². The number of halogens is 3. The minimum atomic E-state index is -5.05. The van der Waals surface area contributed by atoms with Crippen molar-refractivity contribution in [3.8, 4) is 5.75 Å². The molecule has 0 radical (unpaired) electrons. The van der Waals surface area contributed by atoms with Crippen LogP contribution in [0.15, 0.2) is 41.8 Å². The molecule has 9 heteroatoms. The number of hydrogen-bond donors (Lipinski definition) is 2. The highest BCUT2D eigenvalue weighted by atomic mass is 32.1. The fourth-order valence-electron chi connectivity index (χ4n) is 2.61. The molecular formula is C20H25F3N2O3S. The fourth-order valence-corrected chi connectivity index (χ4v) is 3.36. The van der Waals surface area contributed by atoms with E-state index in [9.17, 15) is 23.1 Å². The molecule has 0 saturated heterocycles. The Balaban J connectivity index is 1.95. The van der Waals surface area contributed by atoms with Crippen LogP contribution in [0.5, 0.6) is 5.75 Å². The van der Waals surface area contributed by atoms with E-state index in [1.165, 1.54) is 36.1 Å². The van der Waals surface area contributed by atoms with Crippen LogP contribution < -0.4 is 15.4 Å². The SMILES string of the molecule is C[C@@](N)(CO)CN(C(=O)C(F)(F)F)c1ccc(OCCCCc2cccs2)cc1. The number of hydrogen-bond acceptors (Lipinski definition) is 5. The zero-order valence-electron chi connectivity index (χ0n) is 16.1. The highest BCUT2D eigenvalue weighted by molar-refractivity contribution is 7.09. The molecule has 0 unspecified atom stereocenters. The number of nitrogens with two attached hydrogens (primary N) is 1. The van der Waals surface area contributed by atoms with E-state index in [1.807, 2.05) is 11.4 Å². The van der Waals surface area contributed by atoms with Gasteiger partial charge in [0.1, 0.15) is 5.75 Å². The molecule has 1 heterocycles. The lowest BCUT2D eigenvalue weighted by atomic mass is 10.0. The van der Waals surface area contributed by atoms with Gasteiger partial charge in [0.2, 0.25) is 0 Å². The van der Waals surface area contributed by atoms with Crippen molar-refractivity contribution >= 4 is 22.9 Å². The average Bonchev–Trinajstić information content (AvgIpc) is 3.19. The monoisotopic (exact) mass is 430 g/mol. The van der Waals surface area contributed by atoms with E-state index in [0.29, 0.717) is 17.3 Å². The van der Waals surface area contributed by atoms with E-state index in [2.05, 4.69) is 6.07 Å². The van der Waals surface area contributed by atoms with Crippen LogP contribution in [0.3, 0.4) is 0 Å². The molecule has 1 atom stereocenters. The van der Waals surface area contributed by atoms with Crippen LogP contribution in [0, 0.1) is 0 Å². The number of anilines is 1. The Morgan fingerprint density at radius 1 is 1.21 bits per heavy atom. The first-order chi connectivity index (χ1) is 13.6. The minimum Gasteiger partial charge on any atom is -0.494 e. The minimum absolute atomic E-state index is 0.0301. The maximum Gasteiger partial charge on any atom is 0.471 e. The van der Waals surface area contributed by atoms with Gasteiger partial charge in [-0.2, -0.15) is 13.2 Å². The first-order valence-corrected chi connectivity index (χ1v) is 10.0. The van der Waals surface area contributed by atoms with Crippen molar-refractivity contribution < 1.29 is 27.8 Å². The number of nitrogens with zero attached hydrogens (tertiary/aromatic N) is 1. The van der Waals surface area contributed by atoms with Gasteiger partial charge < -0.3 is 20.5 Å². The molecule has 0 bridgehead atoms. The summed E-state index contributed by atoms with van der Waals surface area (Å²) in [5.74, 6) is -1.54. The van der Waals surface area contributed by atoms with E-state index in [-0.39, 0.29) is 5.69 Å². The molecule has 1 aromatic carbocycles. The summed E-state index contributed by atoms with van der Waals surface area (Å²) in [5.41, 5.74) is 4.41. The average molecular weight is 430 g/mol. The molecule has 0 fully saturated rings. The van der Waals surface area contributed by atoms with Gasteiger partial charge in [-0.05, 0) is 61.9 Å². The molecule has 2 rings (SSSR count). The number of unbranched alkanes of at least 4 members (excludes halogenated alkanes) is 1. The molecule has 3 N–H and O–H groups in total. The van der Waals surface area contributed by atoms with Gasteiger partial charge in [0.25, 0.3) is 0 Å². The van der Waals surface area contributed by atoms with E-state index < -0.39 is 30.8 Å². The van der Waals surface area contributed by atoms with E-state index in [0.717, 1.165) is 19.3 Å². The Labute approximate surface area is 171 Å². The Bertz CT molecular complexity index is 762. The van der Waals surface area contributed by atoms with Crippen LogP contribution in [-0.4, -0.2) is 42.5 Å². The molecule has 160 valence electrons. The largest absolute Gasteiger partial charge is 0.494 e. The Kier molecular flexibility index (Phi) is 8.06. The van der Waals surface area contributed by atoms with E-state index in [1.54, 1.807) is 11.3 Å². The number of aliphatic hydroxyl groups excluding tert-OH is 1. The number of alkyl halides is 3. The number of carbonyl (C=O) groups excluding carboxylic acids is 1. The van der Waals surface area contributed by atoms with Gasteiger partial charge in [-0.25, -0.2) is 0 Å². The maximum atomic E-state index is 13.0. The van der Waals surface area contributed by atoms with Gasteiger partial charge in [-0.15, -0.1) is 11.3 Å².